The molecular weight excluding hydrogens is 100 g/mol. The smallest absolute Gasteiger partial charge is 0.0594 e. The Labute approximate surface area is 53.8 Å². The number of aliphatic hydroxyl groups is 1. The van der Waals surface area contributed by atoms with Gasteiger partial charge in [0.2, 0.25) is 0 Å². The van der Waals surface area contributed by atoms with Gasteiger partial charge in [0.1, 0.15) is 0 Å². The molecule has 0 aromatic rings. The largest absolute Gasteiger partial charge is 0.390 e. The Bertz CT molecular complexity index is 124. The number of hydrogen-bond donors (Lipinski definition) is 1. The van der Waals surface area contributed by atoms with Crippen LogP contribution in [0, 0.1) is 0 Å². The fraction of sp³-hybridized carbons (Fsp3) is 0.714. The molecule has 1 heteroatoms. The van der Waals surface area contributed by atoms with Crippen molar-refractivity contribution in [1.29, 1.82) is 0 Å². The third-order valence-corrected chi connectivity index (χ3v) is 0.679. The Hall–Kier alpha value is -0.300. The number of allylic oxidation sites excluding steroid dienone is 1. The van der Waals surface area contributed by atoms with Crippen LogP contribution in [-0.4, -0.2) is 10.7 Å². The van der Waals surface area contributed by atoms with Gasteiger partial charge < -0.3 is 5.11 Å². The van der Waals surface area contributed by atoms with Gasteiger partial charge in [-0.05, 0) is 26.6 Å². The lowest BCUT2D eigenvalue weighted by atomic mass is 10.0. The lowest BCUT2D eigenvalue weighted by molar-refractivity contribution is 0.0722. The van der Waals surface area contributed by atoms with E-state index in [4.69, 9.17) is 2.74 Å². The SMILES string of the molecule is [2H]C([2H])(CC=C)C(C)(C)O. The molecular formula is C7H14O. The average molecular weight is 116 g/mol. The van der Waals surface area contributed by atoms with E-state index in [2.05, 4.69) is 6.58 Å². The third-order valence-electron chi connectivity index (χ3n) is 0.679. The Morgan fingerprint density at radius 2 is 2.38 bits per heavy atom. The molecule has 0 fully saturated rings. The molecule has 0 heterocycles. The molecule has 0 spiro atoms. The fourth-order valence-electron chi connectivity index (χ4n) is 0.322. The fourth-order valence-corrected chi connectivity index (χ4v) is 0.322. The van der Waals surface area contributed by atoms with Crippen LogP contribution in [0.5, 0.6) is 0 Å². The number of hydrogen-bond acceptors (Lipinski definition) is 1. The third kappa shape index (κ3) is 5.70. The average Bonchev–Trinajstić information content (AvgIpc) is 1.61. The quantitative estimate of drug-likeness (QED) is 0.557. The second-order valence-corrected chi connectivity index (χ2v) is 2.23. The molecule has 0 atom stereocenters. The minimum Gasteiger partial charge on any atom is -0.390 e. The predicted molar refractivity (Wildman–Crippen MR) is 35.7 cm³/mol. The van der Waals surface area contributed by atoms with Crippen molar-refractivity contribution in [2.75, 3.05) is 0 Å². The van der Waals surface area contributed by atoms with E-state index in [-0.39, 0.29) is 6.42 Å². The van der Waals surface area contributed by atoms with E-state index in [1.807, 2.05) is 0 Å². The highest BCUT2D eigenvalue weighted by Gasteiger charge is 2.09. The van der Waals surface area contributed by atoms with E-state index in [1.165, 1.54) is 19.9 Å². The summed E-state index contributed by atoms with van der Waals surface area (Å²) in [6.45, 7) is 6.32. The van der Waals surface area contributed by atoms with Crippen LogP contribution in [0.2, 0.25) is 0 Å². The van der Waals surface area contributed by atoms with Gasteiger partial charge in [-0.2, -0.15) is 0 Å². The molecule has 48 valence electrons. The summed E-state index contributed by atoms with van der Waals surface area (Å²) < 4.78 is 14.6. The zero-order valence-electron chi connectivity index (χ0n) is 7.44. The maximum Gasteiger partial charge on any atom is 0.0594 e. The molecule has 0 unspecified atom stereocenters. The lowest BCUT2D eigenvalue weighted by Gasteiger charge is -2.14. The highest BCUT2D eigenvalue weighted by Crippen LogP contribution is 2.09. The van der Waals surface area contributed by atoms with E-state index < -0.39 is 12.0 Å². The van der Waals surface area contributed by atoms with Crippen LogP contribution in [0.25, 0.3) is 0 Å². The van der Waals surface area contributed by atoms with Crippen LogP contribution >= 0.6 is 0 Å². The van der Waals surface area contributed by atoms with Gasteiger partial charge in [-0.25, -0.2) is 0 Å². The van der Waals surface area contributed by atoms with Gasteiger partial charge in [0, 0.05) is 2.74 Å². The summed E-state index contributed by atoms with van der Waals surface area (Å²) in [6.07, 6.45) is 0.0726. The molecule has 0 aromatic heterocycles. The van der Waals surface area contributed by atoms with Crippen molar-refractivity contribution >= 4 is 0 Å². The Kier molecular flexibility index (Phi) is 1.64. The van der Waals surface area contributed by atoms with Crippen molar-refractivity contribution in [3.05, 3.63) is 12.7 Å². The second kappa shape index (κ2) is 2.88. The van der Waals surface area contributed by atoms with E-state index in [9.17, 15) is 5.11 Å². The van der Waals surface area contributed by atoms with Crippen molar-refractivity contribution in [3.63, 3.8) is 0 Å². The lowest BCUT2D eigenvalue weighted by Crippen LogP contribution is -2.17. The maximum absolute atomic E-state index is 9.25. The van der Waals surface area contributed by atoms with Crippen molar-refractivity contribution in [2.24, 2.45) is 0 Å². The molecule has 1 N–H and O–H groups in total. The van der Waals surface area contributed by atoms with Gasteiger partial charge in [0.15, 0.2) is 0 Å². The minimum absolute atomic E-state index is 0.177. The highest BCUT2D eigenvalue weighted by molar-refractivity contribution is 4.73. The van der Waals surface area contributed by atoms with Crippen LogP contribution < -0.4 is 0 Å². The summed E-state index contributed by atoms with van der Waals surface area (Å²) in [6, 6.07) is 0. The summed E-state index contributed by atoms with van der Waals surface area (Å²) in [7, 11) is 0. The summed E-state index contributed by atoms with van der Waals surface area (Å²) >= 11 is 0. The summed E-state index contributed by atoms with van der Waals surface area (Å²) in [5.74, 6) is 0. The predicted octanol–water partition coefficient (Wildman–Crippen LogP) is 1.72. The van der Waals surface area contributed by atoms with Crippen LogP contribution in [0.4, 0.5) is 0 Å². The van der Waals surface area contributed by atoms with Crippen molar-refractivity contribution in [2.45, 2.75) is 32.2 Å². The van der Waals surface area contributed by atoms with Crippen molar-refractivity contribution < 1.29 is 7.85 Å². The topological polar surface area (TPSA) is 20.2 Å². The first-order chi connectivity index (χ1) is 4.31. The maximum atomic E-state index is 9.25. The Morgan fingerprint density at radius 1 is 1.88 bits per heavy atom. The molecule has 1 nitrogen and oxygen atoms in total. The van der Waals surface area contributed by atoms with E-state index in [0.29, 0.717) is 0 Å². The molecule has 0 saturated carbocycles. The van der Waals surface area contributed by atoms with Gasteiger partial charge in [-0.1, -0.05) is 6.08 Å². The highest BCUT2D eigenvalue weighted by atomic mass is 16.3. The first-order valence-electron chi connectivity index (χ1n) is 3.64. The molecule has 0 aromatic carbocycles. The monoisotopic (exact) mass is 116 g/mol. The first kappa shape index (κ1) is 4.57. The normalized spacial score (nSPS) is 16.9. The van der Waals surface area contributed by atoms with Gasteiger partial charge in [0.25, 0.3) is 0 Å². The van der Waals surface area contributed by atoms with Crippen molar-refractivity contribution in [3.8, 4) is 0 Å². The van der Waals surface area contributed by atoms with Crippen LogP contribution in [0.3, 0.4) is 0 Å². The molecule has 0 aliphatic heterocycles. The molecule has 0 bridgehead atoms. The molecule has 0 radical (unpaired) electrons. The minimum atomic E-state index is -1.57. The molecule has 8 heavy (non-hydrogen) atoms. The first-order valence-corrected chi connectivity index (χ1v) is 2.64. The molecule has 0 amide bonds. The van der Waals surface area contributed by atoms with Crippen LogP contribution in [0.15, 0.2) is 12.7 Å². The van der Waals surface area contributed by atoms with Gasteiger partial charge >= 0.3 is 0 Å². The van der Waals surface area contributed by atoms with Crippen LogP contribution in [-0.2, 0) is 0 Å². The number of rotatable bonds is 3. The molecule has 0 aliphatic rings. The van der Waals surface area contributed by atoms with E-state index in [1.54, 1.807) is 0 Å². The molecule has 0 rings (SSSR count). The zero-order valence-corrected chi connectivity index (χ0v) is 5.44. The zero-order chi connectivity index (χ0) is 8.41. The van der Waals surface area contributed by atoms with Gasteiger partial charge in [-0.3, -0.25) is 0 Å². The Morgan fingerprint density at radius 3 is 2.50 bits per heavy atom. The summed E-state index contributed by atoms with van der Waals surface area (Å²) in [4.78, 5) is 0. The molecule has 0 aliphatic carbocycles. The summed E-state index contributed by atoms with van der Waals surface area (Å²) in [5, 5.41) is 9.25. The Balaban J connectivity index is 4.23. The van der Waals surface area contributed by atoms with Gasteiger partial charge in [0.05, 0.1) is 5.60 Å². The van der Waals surface area contributed by atoms with Gasteiger partial charge in [-0.15, -0.1) is 6.58 Å². The van der Waals surface area contributed by atoms with Crippen molar-refractivity contribution in [1.82, 2.24) is 0 Å². The second-order valence-electron chi connectivity index (χ2n) is 2.23. The standard InChI is InChI=1S/C7H14O/c1-4-5-6-7(2,3)8/h4,8H,1,5-6H2,2-3H3/i6D2. The van der Waals surface area contributed by atoms with E-state index in [0.717, 1.165) is 0 Å². The summed E-state index contributed by atoms with van der Waals surface area (Å²) in [5.41, 5.74) is -1.29. The molecule has 0 saturated heterocycles. The van der Waals surface area contributed by atoms with E-state index >= 15 is 0 Å². The van der Waals surface area contributed by atoms with Crippen LogP contribution in [0.1, 0.15) is 29.4 Å².